The summed E-state index contributed by atoms with van der Waals surface area (Å²) in [7, 11) is 0. The Balaban J connectivity index is 2.09. The van der Waals surface area contributed by atoms with E-state index in [9.17, 15) is 14.9 Å². The molecule has 2 rings (SSSR count). The second kappa shape index (κ2) is 5.66. The van der Waals surface area contributed by atoms with Gasteiger partial charge < -0.3 is 10.6 Å². The van der Waals surface area contributed by atoms with Crippen LogP contribution < -0.4 is 10.6 Å². The molecule has 1 aliphatic heterocycles. The summed E-state index contributed by atoms with van der Waals surface area (Å²) in [5, 5.41) is 16.6. The quantitative estimate of drug-likeness (QED) is 0.659. The molecular formula is C12H14BrN3O3. The fourth-order valence-corrected chi connectivity index (χ4v) is 2.66. The number of rotatable bonds is 3. The Kier molecular flexibility index (Phi) is 4.16. The molecule has 1 heterocycles. The van der Waals surface area contributed by atoms with Gasteiger partial charge in [0.25, 0.3) is 5.69 Å². The van der Waals surface area contributed by atoms with Crippen LogP contribution in [-0.4, -0.2) is 23.4 Å². The van der Waals surface area contributed by atoms with Gasteiger partial charge in [-0.3, -0.25) is 14.9 Å². The first-order valence-electron chi connectivity index (χ1n) is 5.97. The minimum Gasteiger partial charge on any atom is -0.325 e. The Morgan fingerprint density at radius 3 is 2.84 bits per heavy atom. The zero-order valence-electron chi connectivity index (χ0n) is 10.4. The number of amides is 1. The van der Waals surface area contributed by atoms with E-state index in [4.69, 9.17) is 0 Å². The monoisotopic (exact) mass is 327 g/mol. The van der Waals surface area contributed by atoms with E-state index in [0.717, 1.165) is 13.0 Å². The van der Waals surface area contributed by atoms with Crippen LogP contribution in [0.2, 0.25) is 0 Å². The minimum atomic E-state index is -0.476. The first kappa shape index (κ1) is 14.0. The first-order chi connectivity index (χ1) is 8.99. The Labute approximate surface area is 118 Å². The van der Waals surface area contributed by atoms with Crippen LogP contribution in [0, 0.1) is 16.0 Å². The third-order valence-corrected chi connectivity index (χ3v) is 3.86. The Hall–Kier alpha value is -1.47. The van der Waals surface area contributed by atoms with Gasteiger partial charge in [-0.2, -0.15) is 0 Å². The smallest absolute Gasteiger partial charge is 0.283 e. The molecule has 0 bridgehead atoms. The van der Waals surface area contributed by atoms with Crippen LogP contribution in [0.5, 0.6) is 0 Å². The van der Waals surface area contributed by atoms with Crippen LogP contribution in [0.25, 0.3) is 0 Å². The Morgan fingerprint density at radius 1 is 1.58 bits per heavy atom. The van der Waals surface area contributed by atoms with E-state index in [1.807, 2.05) is 6.92 Å². The molecular weight excluding hydrogens is 314 g/mol. The number of hydrogen-bond acceptors (Lipinski definition) is 4. The number of hydrogen-bond donors (Lipinski definition) is 2. The lowest BCUT2D eigenvalue weighted by Crippen LogP contribution is -2.39. The number of nitrogens with one attached hydrogen (secondary N) is 2. The van der Waals surface area contributed by atoms with Crippen molar-refractivity contribution in [3.8, 4) is 0 Å². The molecule has 0 aliphatic carbocycles. The molecule has 1 aliphatic rings. The van der Waals surface area contributed by atoms with Crippen molar-refractivity contribution >= 4 is 33.2 Å². The molecule has 2 unspecified atom stereocenters. The zero-order valence-corrected chi connectivity index (χ0v) is 11.9. The van der Waals surface area contributed by atoms with Crippen LogP contribution in [0.15, 0.2) is 22.7 Å². The second-order valence-corrected chi connectivity index (χ2v) is 5.46. The number of benzene rings is 1. The van der Waals surface area contributed by atoms with Crippen LogP contribution >= 0.6 is 15.9 Å². The highest BCUT2D eigenvalue weighted by Gasteiger charge is 2.29. The molecule has 1 saturated heterocycles. The van der Waals surface area contributed by atoms with E-state index in [-0.39, 0.29) is 17.6 Å². The number of carbonyl (C=O) groups is 1. The second-order valence-electron chi connectivity index (χ2n) is 4.61. The van der Waals surface area contributed by atoms with Crippen molar-refractivity contribution in [3.05, 3.63) is 32.8 Å². The van der Waals surface area contributed by atoms with Crippen LogP contribution in [0.1, 0.15) is 13.3 Å². The standard InChI is InChI=1S/C12H14BrN3O3/c1-7-4-5-14-11(7)12(17)15-8-2-3-10(16(18)19)9(13)6-8/h2-3,6-7,11,14H,4-5H2,1H3,(H,15,17). The lowest BCUT2D eigenvalue weighted by molar-refractivity contribution is -0.385. The maximum Gasteiger partial charge on any atom is 0.283 e. The van der Waals surface area contributed by atoms with Crippen molar-refractivity contribution in [2.45, 2.75) is 19.4 Å². The largest absolute Gasteiger partial charge is 0.325 e. The van der Waals surface area contributed by atoms with Gasteiger partial charge >= 0.3 is 0 Å². The highest BCUT2D eigenvalue weighted by atomic mass is 79.9. The van der Waals surface area contributed by atoms with Crippen molar-refractivity contribution in [2.75, 3.05) is 11.9 Å². The summed E-state index contributed by atoms with van der Waals surface area (Å²) in [5.41, 5.74) is 0.522. The van der Waals surface area contributed by atoms with Gasteiger partial charge in [0, 0.05) is 11.8 Å². The van der Waals surface area contributed by atoms with Gasteiger partial charge in [-0.15, -0.1) is 0 Å². The molecule has 1 amide bonds. The molecule has 2 atom stereocenters. The van der Waals surface area contributed by atoms with Crippen molar-refractivity contribution in [1.82, 2.24) is 5.32 Å². The van der Waals surface area contributed by atoms with E-state index >= 15 is 0 Å². The van der Waals surface area contributed by atoms with Gasteiger partial charge in [-0.25, -0.2) is 0 Å². The SMILES string of the molecule is CC1CCNC1C(=O)Nc1ccc([N+](=O)[O-])c(Br)c1. The normalized spacial score (nSPS) is 22.2. The molecule has 0 saturated carbocycles. The van der Waals surface area contributed by atoms with Crippen LogP contribution in [-0.2, 0) is 4.79 Å². The summed E-state index contributed by atoms with van der Waals surface area (Å²) in [6.45, 7) is 2.86. The van der Waals surface area contributed by atoms with Crippen LogP contribution in [0.3, 0.4) is 0 Å². The van der Waals surface area contributed by atoms with E-state index in [2.05, 4.69) is 26.6 Å². The summed E-state index contributed by atoms with van der Waals surface area (Å²) in [6.07, 6.45) is 0.974. The highest BCUT2D eigenvalue weighted by molar-refractivity contribution is 9.10. The van der Waals surface area contributed by atoms with Crippen LogP contribution in [0.4, 0.5) is 11.4 Å². The molecule has 0 radical (unpaired) electrons. The van der Waals surface area contributed by atoms with E-state index < -0.39 is 4.92 Å². The first-order valence-corrected chi connectivity index (χ1v) is 6.76. The topological polar surface area (TPSA) is 84.3 Å². The van der Waals surface area contributed by atoms with Crippen molar-refractivity contribution in [1.29, 1.82) is 0 Å². The Morgan fingerprint density at radius 2 is 2.32 bits per heavy atom. The van der Waals surface area contributed by atoms with Crippen molar-refractivity contribution in [3.63, 3.8) is 0 Å². The molecule has 19 heavy (non-hydrogen) atoms. The summed E-state index contributed by atoms with van der Waals surface area (Å²) in [5.74, 6) is 0.187. The fourth-order valence-electron chi connectivity index (χ4n) is 2.14. The van der Waals surface area contributed by atoms with E-state index in [1.54, 1.807) is 0 Å². The number of anilines is 1. The fraction of sp³-hybridized carbons (Fsp3) is 0.417. The van der Waals surface area contributed by atoms with Gasteiger partial charge in [0.05, 0.1) is 15.4 Å². The number of nitrogens with zero attached hydrogens (tertiary/aromatic N) is 1. The summed E-state index contributed by atoms with van der Waals surface area (Å²) in [6, 6.07) is 4.23. The molecule has 2 N–H and O–H groups in total. The van der Waals surface area contributed by atoms with Gasteiger partial charge in [0.15, 0.2) is 0 Å². The third kappa shape index (κ3) is 3.10. The molecule has 102 valence electrons. The minimum absolute atomic E-state index is 0.0228. The van der Waals surface area contributed by atoms with E-state index in [0.29, 0.717) is 16.1 Å². The lowest BCUT2D eigenvalue weighted by atomic mass is 10.0. The predicted molar refractivity (Wildman–Crippen MR) is 75.0 cm³/mol. The number of nitro benzene ring substituents is 1. The zero-order chi connectivity index (χ0) is 14.0. The summed E-state index contributed by atoms with van der Waals surface area (Å²) in [4.78, 5) is 22.2. The van der Waals surface area contributed by atoms with Gasteiger partial charge in [-0.1, -0.05) is 6.92 Å². The van der Waals surface area contributed by atoms with Gasteiger partial charge in [-0.05, 0) is 46.9 Å². The maximum atomic E-state index is 12.0. The number of nitro groups is 1. The number of halogens is 1. The van der Waals surface area contributed by atoms with Crippen molar-refractivity contribution in [2.24, 2.45) is 5.92 Å². The molecule has 1 aromatic rings. The van der Waals surface area contributed by atoms with Crippen molar-refractivity contribution < 1.29 is 9.72 Å². The lowest BCUT2D eigenvalue weighted by Gasteiger charge is -2.15. The van der Waals surface area contributed by atoms with Gasteiger partial charge in [0.2, 0.25) is 5.91 Å². The molecule has 1 fully saturated rings. The Bertz CT molecular complexity index is 521. The predicted octanol–water partition coefficient (Wildman–Crippen LogP) is 2.29. The maximum absolute atomic E-state index is 12.0. The highest BCUT2D eigenvalue weighted by Crippen LogP contribution is 2.28. The molecule has 6 nitrogen and oxygen atoms in total. The summed E-state index contributed by atoms with van der Waals surface area (Å²) < 4.78 is 0.350. The molecule has 7 heteroatoms. The molecule has 0 spiro atoms. The molecule has 1 aromatic carbocycles. The number of carbonyl (C=O) groups excluding carboxylic acids is 1. The summed E-state index contributed by atoms with van der Waals surface area (Å²) >= 11 is 3.12. The van der Waals surface area contributed by atoms with E-state index in [1.165, 1.54) is 18.2 Å². The average Bonchev–Trinajstić information content (AvgIpc) is 2.75. The third-order valence-electron chi connectivity index (χ3n) is 3.23. The molecule has 0 aromatic heterocycles. The van der Waals surface area contributed by atoms with Gasteiger partial charge in [0.1, 0.15) is 0 Å². The average molecular weight is 328 g/mol.